The summed E-state index contributed by atoms with van der Waals surface area (Å²) in [6, 6.07) is 5.94. The summed E-state index contributed by atoms with van der Waals surface area (Å²) in [6.07, 6.45) is 0. The van der Waals surface area contributed by atoms with Gasteiger partial charge in [-0.05, 0) is 45.4 Å². The van der Waals surface area contributed by atoms with Crippen LogP contribution in [-0.2, 0) is 6.54 Å². The topological polar surface area (TPSA) is 48.9 Å². The van der Waals surface area contributed by atoms with Gasteiger partial charge in [0.05, 0.1) is 7.11 Å². The first kappa shape index (κ1) is 20.2. The number of hydrogen-bond donors (Lipinski definition) is 2. The molecular weight excluding hydrogens is 307 g/mol. The standard InChI is InChI=1S/C18H31FN4O/c1-13(2)23(14(3)4)10-9-21-18(20-5)22-12-15-7-8-17(24-6)16(19)11-15/h7-8,11,13-14H,9-10,12H2,1-6H3,(H2,20,21,22). The Labute approximate surface area is 145 Å². The second kappa shape index (κ2) is 10.1. The van der Waals surface area contributed by atoms with E-state index in [1.807, 2.05) is 6.07 Å². The molecule has 0 saturated heterocycles. The van der Waals surface area contributed by atoms with Crippen LogP contribution in [0.15, 0.2) is 23.2 Å². The zero-order valence-corrected chi connectivity index (χ0v) is 15.7. The molecule has 6 heteroatoms. The highest BCUT2D eigenvalue weighted by Gasteiger charge is 2.12. The molecule has 24 heavy (non-hydrogen) atoms. The summed E-state index contributed by atoms with van der Waals surface area (Å²) < 4.78 is 18.6. The average Bonchev–Trinajstić information content (AvgIpc) is 2.53. The number of benzene rings is 1. The Kier molecular flexibility index (Phi) is 8.54. The van der Waals surface area contributed by atoms with Crippen LogP contribution in [0.4, 0.5) is 4.39 Å². The lowest BCUT2D eigenvalue weighted by atomic mass is 10.2. The molecule has 0 aliphatic heterocycles. The molecule has 0 unspecified atom stereocenters. The number of rotatable bonds is 8. The van der Waals surface area contributed by atoms with Crippen molar-refractivity contribution in [1.29, 1.82) is 0 Å². The zero-order valence-electron chi connectivity index (χ0n) is 15.7. The second-order valence-corrected chi connectivity index (χ2v) is 6.25. The molecule has 0 aromatic heterocycles. The maximum Gasteiger partial charge on any atom is 0.191 e. The normalized spacial score (nSPS) is 12.2. The fraction of sp³-hybridized carbons (Fsp3) is 0.611. The minimum absolute atomic E-state index is 0.253. The smallest absolute Gasteiger partial charge is 0.191 e. The zero-order chi connectivity index (χ0) is 18.1. The number of ether oxygens (including phenoxy) is 1. The van der Waals surface area contributed by atoms with Gasteiger partial charge in [0.25, 0.3) is 0 Å². The van der Waals surface area contributed by atoms with Crippen molar-refractivity contribution in [1.82, 2.24) is 15.5 Å². The predicted octanol–water partition coefficient (Wildman–Crippen LogP) is 2.62. The lowest BCUT2D eigenvalue weighted by Gasteiger charge is -2.30. The van der Waals surface area contributed by atoms with Gasteiger partial charge in [0.15, 0.2) is 17.5 Å². The molecule has 0 saturated carbocycles. The van der Waals surface area contributed by atoms with Gasteiger partial charge in [-0.1, -0.05) is 6.07 Å². The monoisotopic (exact) mass is 338 g/mol. The van der Waals surface area contributed by atoms with Gasteiger partial charge < -0.3 is 15.4 Å². The van der Waals surface area contributed by atoms with Gasteiger partial charge in [0.1, 0.15) is 0 Å². The molecule has 0 amide bonds. The lowest BCUT2D eigenvalue weighted by molar-refractivity contribution is 0.178. The van der Waals surface area contributed by atoms with Crippen LogP contribution in [0.2, 0.25) is 0 Å². The molecule has 0 bridgehead atoms. The maximum atomic E-state index is 13.7. The molecule has 0 fully saturated rings. The number of nitrogens with one attached hydrogen (secondary N) is 2. The fourth-order valence-electron chi connectivity index (χ4n) is 2.64. The summed E-state index contributed by atoms with van der Waals surface area (Å²) >= 11 is 0. The van der Waals surface area contributed by atoms with Crippen molar-refractivity contribution in [3.8, 4) is 5.75 Å². The summed E-state index contributed by atoms with van der Waals surface area (Å²) in [5.74, 6) is 0.603. The van der Waals surface area contributed by atoms with E-state index >= 15 is 0 Å². The molecule has 1 rings (SSSR count). The van der Waals surface area contributed by atoms with Crippen molar-refractivity contribution in [2.75, 3.05) is 27.2 Å². The molecule has 0 heterocycles. The first-order valence-electron chi connectivity index (χ1n) is 8.41. The first-order chi connectivity index (χ1) is 11.4. The highest BCUT2D eigenvalue weighted by molar-refractivity contribution is 5.79. The number of halogens is 1. The molecular formula is C18H31FN4O. The minimum Gasteiger partial charge on any atom is -0.494 e. The molecule has 0 radical (unpaired) electrons. The van der Waals surface area contributed by atoms with Crippen LogP contribution in [0, 0.1) is 5.82 Å². The first-order valence-corrected chi connectivity index (χ1v) is 8.41. The van der Waals surface area contributed by atoms with E-state index in [2.05, 4.69) is 48.2 Å². The third-order valence-corrected chi connectivity index (χ3v) is 3.89. The van der Waals surface area contributed by atoms with Crippen LogP contribution >= 0.6 is 0 Å². The molecule has 136 valence electrons. The minimum atomic E-state index is -0.357. The van der Waals surface area contributed by atoms with E-state index in [0.29, 0.717) is 24.6 Å². The van der Waals surface area contributed by atoms with E-state index in [1.54, 1.807) is 13.1 Å². The Hall–Kier alpha value is -1.82. The van der Waals surface area contributed by atoms with Crippen LogP contribution < -0.4 is 15.4 Å². The van der Waals surface area contributed by atoms with Crippen molar-refractivity contribution in [3.63, 3.8) is 0 Å². The Balaban J connectivity index is 2.47. The molecule has 5 nitrogen and oxygen atoms in total. The summed E-state index contributed by atoms with van der Waals surface area (Å²) in [4.78, 5) is 6.62. The third kappa shape index (κ3) is 6.35. The van der Waals surface area contributed by atoms with Crippen LogP contribution in [0.3, 0.4) is 0 Å². The van der Waals surface area contributed by atoms with Gasteiger partial charge >= 0.3 is 0 Å². The summed E-state index contributed by atoms with van der Waals surface area (Å²) in [6.45, 7) is 11.0. The van der Waals surface area contributed by atoms with Crippen molar-refractivity contribution >= 4 is 5.96 Å². The van der Waals surface area contributed by atoms with Gasteiger partial charge in [-0.25, -0.2) is 4.39 Å². The molecule has 1 aromatic carbocycles. The van der Waals surface area contributed by atoms with Gasteiger partial charge in [-0.15, -0.1) is 0 Å². The van der Waals surface area contributed by atoms with Crippen molar-refractivity contribution in [3.05, 3.63) is 29.6 Å². The SMILES string of the molecule is CN=C(NCCN(C(C)C)C(C)C)NCc1ccc(OC)c(F)c1. The fourth-order valence-corrected chi connectivity index (χ4v) is 2.64. The molecule has 1 aromatic rings. The van der Waals surface area contributed by atoms with Gasteiger partial charge in [0.2, 0.25) is 0 Å². The summed E-state index contributed by atoms with van der Waals surface area (Å²) in [7, 11) is 3.19. The predicted molar refractivity (Wildman–Crippen MR) is 98.1 cm³/mol. The highest BCUT2D eigenvalue weighted by atomic mass is 19.1. The van der Waals surface area contributed by atoms with Crippen molar-refractivity contribution < 1.29 is 9.13 Å². The van der Waals surface area contributed by atoms with Crippen LogP contribution in [0.25, 0.3) is 0 Å². The Morgan fingerprint density at radius 1 is 1.21 bits per heavy atom. The molecule has 0 atom stereocenters. The van der Waals surface area contributed by atoms with Crippen molar-refractivity contribution in [2.24, 2.45) is 4.99 Å². The third-order valence-electron chi connectivity index (χ3n) is 3.89. The average molecular weight is 338 g/mol. The Morgan fingerprint density at radius 2 is 1.88 bits per heavy atom. The van der Waals surface area contributed by atoms with E-state index in [1.165, 1.54) is 13.2 Å². The van der Waals surface area contributed by atoms with E-state index < -0.39 is 0 Å². The largest absolute Gasteiger partial charge is 0.494 e. The highest BCUT2D eigenvalue weighted by Crippen LogP contribution is 2.17. The van der Waals surface area contributed by atoms with Gasteiger partial charge in [0, 0.05) is 38.8 Å². The van der Waals surface area contributed by atoms with E-state index in [0.717, 1.165) is 18.7 Å². The van der Waals surface area contributed by atoms with Crippen LogP contribution in [0.5, 0.6) is 5.75 Å². The second-order valence-electron chi connectivity index (χ2n) is 6.25. The van der Waals surface area contributed by atoms with Gasteiger partial charge in [-0.3, -0.25) is 9.89 Å². The van der Waals surface area contributed by atoms with Crippen molar-refractivity contribution in [2.45, 2.75) is 46.3 Å². The molecule has 0 spiro atoms. The Bertz CT molecular complexity index is 524. The quantitative estimate of drug-likeness (QED) is 0.565. The van der Waals surface area contributed by atoms with E-state index in [4.69, 9.17) is 4.74 Å². The number of nitrogens with zero attached hydrogens (tertiary/aromatic N) is 2. The number of methoxy groups -OCH3 is 1. The molecule has 0 aliphatic carbocycles. The Morgan fingerprint density at radius 3 is 2.38 bits per heavy atom. The molecule has 2 N–H and O–H groups in total. The van der Waals surface area contributed by atoms with E-state index in [9.17, 15) is 4.39 Å². The summed E-state index contributed by atoms with van der Waals surface area (Å²) in [5, 5.41) is 6.49. The lowest BCUT2D eigenvalue weighted by Crippen LogP contribution is -2.45. The van der Waals surface area contributed by atoms with Crippen LogP contribution in [0.1, 0.15) is 33.3 Å². The molecule has 0 aliphatic rings. The number of guanidine groups is 1. The van der Waals surface area contributed by atoms with Crippen LogP contribution in [-0.4, -0.2) is 50.2 Å². The maximum absolute atomic E-state index is 13.7. The van der Waals surface area contributed by atoms with E-state index in [-0.39, 0.29) is 11.6 Å². The number of aliphatic imine (C=N–C) groups is 1. The summed E-state index contributed by atoms with van der Waals surface area (Å²) in [5.41, 5.74) is 0.835. The van der Waals surface area contributed by atoms with Gasteiger partial charge in [-0.2, -0.15) is 0 Å². The number of hydrogen-bond acceptors (Lipinski definition) is 3.